The zero-order chi connectivity index (χ0) is 22.9. The Balaban J connectivity index is 1.82. The van der Waals surface area contributed by atoms with Crippen LogP contribution in [-0.2, 0) is 20.8 Å². The van der Waals surface area contributed by atoms with E-state index in [2.05, 4.69) is 10.7 Å². The van der Waals surface area contributed by atoms with E-state index in [1.807, 2.05) is 49.1 Å². The molecule has 8 nitrogen and oxygen atoms in total. The summed E-state index contributed by atoms with van der Waals surface area (Å²) in [6.07, 6.45) is 3.52. The van der Waals surface area contributed by atoms with Crippen molar-refractivity contribution in [1.82, 2.24) is 20.7 Å². The maximum absolute atomic E-state index is 12.8. The van der Waals surface area contributed by atoms with Crippen LogP contribution < -0.4 is 10.7 Å². The number of amides is 5. The van der Waals surface area contributed by atoms with Crippen molar-refractivity contribution < 1.29 is 19.2 Å². The van der Waals surface area contributed by atoms with Crippen molar-refractivity contribution in [3.8, 4) is 0 Å². The minimum atomic E-state index is -1.07. The number of urea groups is 1. The lowest BCUT2D eigenvalue weighted by atomic mass is 9.93. The first-order valence-corrected chi connectivity index (χ1v) is 11.1. The van der Waals surface area contributed by atoms with E-state index in [0.29, 0.717) is 32.4 Å². The van der Waals surface area contributed by atoms with Crippen LogP contribution in [0.1, 0.15) is 64.9 Å². The normalized spacial score (nSPS) is 18.1. The smallest absolute Gasteiger partial charge is 0.343 e. The number of benzene rings is 1. The van der Waals surface area contributed by atoms with E-state index in [4.69, 9.17) is 0 Å². The van der Waals surface area contributed by atoms with Gasteiger partial charge in [0.25, 0.3) is 5.91 Å². The molecule has 0 aliphatic carbocycles. The number of carbonyl (C=O) groups excluding carboxylic acids is 4. The predicted octanol–water partition coefficient (Wildman–Crippen LogP) is 2.78. The molecule has 1 aromatic rings. The van der Waals surface area contributed by atoms with Gasteiger partial charge in [-0.25, -0.2) is 4.79 Å². The molecule has 1 aromatic carbocycles. The lowest BCUT2D eigenvalue weighted by Gasteiger charge is -2.22. The predicted molar refractivity (Wildman–Crippen MR) is 118 cm³/mol. The molecule has 2 rings (SSSR count). The lowest BCUT2D eigenvalue weighted by Crippen LogP contribution is -2.48. The second-order valence-electron chi connectivity index (χ2n) is 8.16. The molecule has 2 N–H and O–H groups in total. The van der Waals surface area contributed by atoms with Crippen LogP contribution in [0.3, 0.4) is 0 Å². The molecule has 1 atom stereocenters. The highest BCUT2D eigenvalue weighted by Crippen LogP contribution is 2.22. The summed E-state index contributed by atoms with van der Waals surface area (Å²) in [6, 6.07) is 9.06. The van der Waals surface area contributed by atoms with E-state index in [1.165, 1.54) is 0 Å². The van der Waals surface area contributed by atoms with Gasteiger partial charge in [0.05, 0.1) is 0 Å². The Kier molecular flexibility index (Phi) is 9.03. The van der Waals surface area contributed by atoms with Crippen molar-refractivity contribution in [2.24, 2.45) is 0 Å². The minimum absolute atomic E-state index is 0.0278. The molecular formula is C23H34N4O4. The fourth-order valence-electron chi connectivity index (χ4n) is 3.63. The molecular weight excluding hydrogens is 396 g/mol. The maximum atomic E-state index is 12.8. The minimum Gasteiger partial charge on any atom is -0.343 e. The largest absolute Gasteiger partial charge is 0.344 e. The molecule has 0 bridgehead atoms. The van der Waals surface area contributed by atoms with E-state index >= 15 is 0 Å². The first-order valence-electron chi connectivity index (χ1n) is 11.1. The Labute approximate surface area is 184 Å². The molecule has 8 heteroatoms. The third-order valence-corrected chi connectivity index (χ3v) is 5.39. The topological polar surface area (TPSA) is 98.8 Å². The second-order valence-corrected chi connectivity index (χ2v) is 8.16. The van der Waals surface area contributed by atoms with E-state index in [9.17, 15) is 19.2 Å². The van der Waals surface area contributed by atoms with Crippen LogP contribution in [-0.4, -0.2) is 52.3 Å². The SMILES string of the molecule is CCCN(CCC)C(=O)CCCC(=O)NN1C(=O)NC(C)(CCc2ccccc2)C1=O. The highest BCUT2D eigenvalue weighted by atomic mass is 16.2. The van der Waals surface area contributed by atoms with Gasteiger partial charge in [0.15, 0.2) is 0 Å². The Morgan fingerprint density at radius 2 is 1.71 bits per heavy atom. The van der Waals surface area contributed by atoms with Crippen molar-refractivity contribution in [2.75, 3.05) is 13.1 Å². The van der Waals surface area contributed by atoms with Crippen LogP contribution in [0.5, 0.6) is 0 Å². The number of aryl methyl sites for hydroxylation is 1. The lowest BCUT2D eigenvalue weighted by molar-refractivity contribution is -0.139. The van der Waals surface area contributed by atoms with E-state index < -0.39 is 23.4 Å². The van der Waals surface area contributed by atoms with Gasteiger partial charge >= 0.3 is 6.03 Å². The molecule has 1 fully saturated rings. The molecule has 31 heavy (non-hydrogen) atoms. The zero-order valence-electron chi connectivity index (χ0n) is 18.8. The van der Waals surface area contributed by atoms with Crippen LogP contribution in [0.2, 0.25) is 0 Å². The number of nitrogens with one attached hydrogen (secondary N) is 2. The highest BCUT2D eigenvalue weighted by Gasteiger charge is 2.48. The summed E-state index contributed by atoms with van der Waals surface area (Å²) < 4.78 is 0. The van der Waals surface area contributed by atoms with Crippen LogP contribution in [0, 0.1) is 0 Å². The fraction of sp³-hybridized carbons (Fsp3) is 0.565. The monoisotopic (exact) mass is 430 g/mol. The van der Waals surface area contributed by atoms with Gasteiger partial charge in [-0.05, 0) is 44.6 Å². The quantitative estimate of drug-likeness (QED) is 0.498. The van der Waals surface area contributed by atoms with E-state index in [1.54, 1.807) is 6.92 Å². The molecule has 5 amide bonds. The van der Waals surface area contributed by atoms with Crippen LogP contribution in [0.4, 0.5) is 4.79 Å². The van der Waals surface area contributed by atoms with E-state index in [-0.39, 0.29) is 18.7 Å². The molecule has 170 valence electrons. The molecule has 1 heterocycles. The fourth-order valence-corrected chi connectivity index (χ4v) is 3.63. The molecule has 1 aliphatic rings. The summed E-state index contributed by atoms with van der Waals surface area (Å²) in [7, 11) is 0. The van der Waals surface area contributed by atoms with Crippen molar-refractivity contribution in [3.63, 3.8) is 0 Å². The maximum Gasteiger partial charge on any atom is 0.344 e. The summed E-state index contributed by atoms with van der Waals surface area (Å²) in [5.41, 5.74) is 2.39. The van der Waals surface area contributed by atoms with Gasteiger partial charge in [-0.3, -0.25) is 19.8 Å². The zero-order valence-corrected chi connectivity index (χ0v) is 18.8. The number of nitrogens with zero attached hydrogens (tertiary/aromatic N) is 2. The van der Waals surface area contributed by atoms with E-state index in [0.717, 1.165) is 23.4 Å². The molecule has 1 saturated heterocycles. The summed E-state index contributed by atoms with van der Waals surface area (Å²) in [5.74, 6) is -0.906. The Morgan fingerprint density at radius 1 is 1.06 bits per heavy atom. The Bertz CT molecular complexity index is 777. The van der Waals surface area contributed by atoms with Gasteiger partial charge in [0.1, 0.15) is 5.54 Å². The number of hydrogen-bond donors (Lipinski definition) is 2. The molecule has 0 saturated carbocycles. The van der Waals surface area contributed by atoms with Crippen molar-refractivity contribution in [2.45, 2.75) is 71.3 Å². The molecule has 0 spiro atoms. The van der Waals surface area contributed by atoms with Gasteiger partial charge < -0.3 is 10.2 Å². The second kappa shape index (κ2) is 11.5. The molecule has 0 aromatic heterocycles. The number of hydrazine groups is 1. The van der Waals surface area contributed by atoms with Gasteiger partial charge in [-0.2, -0.15) is 5.01 Å². The van der Waals surface area contributed by atoms with Gasteiger partial charge in [0, 0.05) is 25.9 Å². The third-order valence-electron chi connectivity index (χ3n) is 5.39. The van der Waals surface area contributed by atoms with Crippen molar-refractivity contribution in [1.29, 1.82) is 0 Å². The third kappa shape index (κ3) is 6.80. The standard InChI is InChI=1S/C23H34N4O4/c1-4-16-26(17-5-2)20(29)13-9-12-19(28)25-27-21(30)23(3,24-22(27)31)15-14-18-10-7-6-8-11-18/h6-8,10-11H,4-5,9,12-17H2,1-3H3,(H,24,31)(H,25,28). The van der Waals surface area contributed by atoms with Crippen molar-refractivity contribution >= 4 is 23.8 Å². The summed E-state index contributed by atoms with van der Waals surface area (Å²) in [5, 5.41) is 3.44. The number of carbonyl (C=O) groups is 4. The van der Waals surface area contributed by atoms with Gasteiger partial charge in [-0.15, -0.1) is 0 Å². The van der Waals surface area contributed by atoms with Crippen LogP contribution in [0.15, 0.2) is 30.3 Å². The van der Waals surface area contributed by atoms with Gasteiger partial charge in [-0.1, -0.05) is 44.2 Å². The summed E-state index contributed by atoms with van der Waals surface area (Å²) >= 11 is 0. The number of rotatable bonds is 12. The average Bonchev–Trinajstić information content (AvgIpc) is 2.96. The van der Waals surface area contributed by atoms with Gasteiger partial charge in [0.2, 0.25) is 11.8 Å². The van der Waals surface area contributed by atoms with Crippen LogP contribution in [0.25, 0.3) is 0 Å². The first-order chi connectivity index (χ1) is 14.8. The molecule has 1 unspecified atom stereocenters. The average molecular weight is 431 g/mol. The number of imide groups is 1. The Hall–Kier alpha value is -2.90. The highest BCUT2D eigenvalue weighted by molar-refractivity contribution is 6.07. The summed E-state index contributed by atoms with van der Waals surface area (Å²) in [4.78, 5) is 51.4. The molecule has 0 radical (unpaired) electrons. The summed E-state index contributed by atoms with van der Waals surface area (Å²) in [6.45, 7) is 7.13. The number of hydrogen-bond acceptors (Lipinski definition) is 4. The Morgan fingerprint density at radius 3 is 2.32 bits per heavy atom. The van der Waals surface area contributed by atoms with Crippen LogP contribution >= 0.6 is 0 Å². The first kappa shape index (κ1) is 24.4. The molecule has 1 aliphatic heterocycles. The van der Waals surface area contributed by atoms with Crippen molar-refractivity contribution in [3.05, 3.63) is 35.9 Å².